The third-order valence-corrected chi connectivity index (χ3v) is 3.44. The van der Waals surface area contributed by atoms with Gasteiger partial charge in [-0.25, -0.2) is 4.39 Å². The minimum atomic E-state index is -0.404. The lowest BCUT2D eigenvalue weighted by Crippen LogP contribution is -2.14. The standard InChI is InChI=1S/C15H15BrFN3O/c1-9-4-12(16)7-13(5-9)19-8-11-3-2-10(6-14(11)17)15(18)20-21/h2-7,19,21H,8H2,1H3,(H2,18,20). The van der Waals surface area contributed by atoms with Gasteiger partial charge >= 0.3 is 0 Å². The van der Waals surface area contributed by atoms with E-state index in [1.165, 1.54) is 6.07 Å². The third-order valence-electron chi connectivity index (χ3n) is 2.98. The smallest absolute Gasteiger partial charge is 0.170 e. The first-order valence-electron chi connectivity index (χ1n) is 6.27. The van der Waals surface area contributed by atoms with Crippen LogP contribution in [0.25, 0.3) is 0 Å². The molecule has 0 spiro atoms. The van der Waals surface area contributed by atoms with Crippen LogP contribution in [0.3, 0.4) is 0 Å². The van der Waals surface area contributed by atoms with E-state index in [1.54, 1.807) is 12.1 Å². The Balaban J connectivity index is 2.13. The van der Waals surface area contributed by atoms with Crippen LogP contribution in [0.1, 0.15) is 16.7 Å². The molecule has 21 heavy (non-hydrogen) atoms. The molecule has 0 radical (unpaired) electrons. The van der Waals surface area contributed by atoms with Crippen molar-refractivity contribution in [2.75, 3.05) is 5.32 Å². The number of benzene rings is 2. The summed E-state index contributed by atoms with van der Waals surface area (Å²) in [7, 11) is 0. The van der Waals surface area contributed by atoms with Gasteiger partial charge in [0.2, 0.25) is 0 Å². The molecular formula is C15H15BrFN3O. The number of anilines is 1. The maximum absolute atomic E-state index is 14.0. The summed E-state index contributed by atoms with van der Waals surface area (Å²) in [5.41, 5.74) is 8.28. The van der Waals surface area contributed by atoms with E-state index in [0.29, 0.717) is 17.7 Å². The summed E-state index contributed by atoms with van der Waals surface area (Å²) in [4.78, 5) is 0. The van der Waals surface area contributed by atoms with Gasteiger partial charge in [-0.3, -0.25) is 0 Å². The molecule has 0 aliphatic heterocycles. The van der Waals surface area contributed by atoms with Crippen LogP contribution < -0.4 is 11.1 Å². The zero-order valence-electron chi connectivity index (χ0n) is 11.4. The van der Waals surface area contributed by atoms with Crippen LogP contribution in [-0.2, 0) is 6.54 Å². The number of rotatable bonds is 4. The Hall–Kier alpha value is -2.08. The van der Waals surface area contributed by atoms with Gasteiger partial charge in [0.15, 0.2) is 5.84 Å². The van der Waals surface area contributed by atoms with E-state index < -0.39 is 5.82 Å². The van der Waals surface area contributed by atoms with E-state index in [0.717, 1.165) is 15.7 Å². The monoisotopic (exact) mass is 351 g/mol. The van der Waals surface area contributed by atoms with E-state index in [2.05, 4.69) is 26.4 Å². The Morgan fingerprint density at radius 3 is 2.71 bits per heavy atom. The second-order valence-corrected chi connectivity index (χ2v) is 5.58. The fourth-order valence-electron chi connectivity index (χ4n) is 1.94. The number of nitrogens with one attached hydrogen (secondary N) is 1. The largest absolute Gasteiger partial charge is 0.409 e. The number of nitrogens with zero attached hydrogens (tertiary/aromatic N) is 1. The Morgan fingerprint density at radius 2 is 2.10 bits per heavy atom. The molecule has 0 amide bonds. The zero-order valence-corrected chi connectivity index (χ0v) is 13.0. The molecule has 6 heteroatoms. The minimum Gasteiger partial charge on any atom is -0.409 e. The molecule has 0 fully saturated rings. The molecule has 0 bridgehead atoms. The van der Waals surface area contributed by atoms with Crippen LogP contribution >= 0.6 is 15.9 Å². The van der Waals surface area contributed by atoms with Crippen LogP contribution in [-0.4, -0.2) is 11.0 Å². The molecule has 0 saturated carbocycles. The fourth-order valence-corrected chi connectivity index (χ4v) is 2.55. The summed E-state index contributed by atoms with van der Waals surface area (Å²) in [5, 5.41) is 14.6. The molecule has 2 aromatic rings. The van der Waals surface area contributed by atoms with Crippen LogP contribution in [0.2, 0.25) is 0 Å². The highest BCUT2D eigenvalue weighted by Gasteiger charge is 2.06. The lowest BCUT2D eigenvalue weighted by molar-refractivity contribution is 0.318. The average Bonchev–Trinajstić information content (AvgIpc) is 2.44. The molecule has 0 aliphatic rings. The molecule has 0 atom stereocenters. The SMILES string of the molecule is Cc1cc(Br)cc(NCc2ccc(/C(N)=N/O)cc2F)c1. The molecule has 0 unspecified atom stereocenters. The lowest BCUT2D eigenvalue weighted by atomic mass is 10.1. The highest BCUT2D eigenvalue weighted by molar-refractivity contribution is 9.10. The molecule has 0 heterocycles. The van der Waals surface area contributed by atoms with Gasteiger partial charge in [-0.05, 0) is 36.8 Å². The lowest BCUT2D eigenvalue weighted by Gasteiger charge is -2.10. The van der Waals surface area contributed by atoms with Gasteiger partial charge < -0.3 is 16.3 Å². The maximum atomic E-state index is 14.0. The molecule has 4 nitrogen and oxygen atoms in total. The molecule has 0 aliphatic carbocycles. The molecule has 2 rings (SSSR count). The quantitative estimate of drug-likeness (QED) is 0.341. The van der Waals surface area contributed by atoms with Crippen LogP contribution in [0.5, 0.6) is 0 Å². The zero-order chi connectivity index (χ0) is 15.4. The van der Waals surface area contributed by atoms with Gasteiger partial charge in [-0.1, -0.05) is 33.2 Å². The normalized spacial score (nSPS) is 11.5. The van der Waals surface area contributed by atoms with Gasteiger partial charge in [-0.2, -0.15) is 0 Å². The van der Waals surface area contributed by atoms with Crippen molar-refractivity contribution < 1.29 is 9.60 Å². The van der Waals surface area contributed by atoms with E-state index in [-0.39, 0.29) is 5.84 Å². The number of nitrogens with two attached hydrogens (primary N) is 1. The highest BCUT2D eigenvalue weighted by atomic mass is 79.9. The summed E-state index contributed by atoms with van der Waals surface area (Å²) in [6, 6.07) is 10.4. The second-order valence-electron chi connectivity index (χ2n) is 4.66. The van der Waals surface area contributed by atoms with E-state index in [9.17, 15) is 4.39 Å². The topological polar surface area (TPSA) is 70.6 Å². The summed E-state index contributed by atoms with van der Waals surface area (Å²) < 4.78 is 14.9. The summed E-state index contributed by atoms with van der Waals surface area (Å²) in [6.07, 6.45) is 0. The summed E-state index contributed by atoms with van der Waals surface area (Å²) in [5.74, 6) is -0.519. The van der Waals surface area contributed by atoms with E-state index in [4.69, 9.17) is 10.9 Å². The number of hydrogen-bond donors (Lipinski definition) is 3. The number of halogens is 2. The summed E-state index contributed by atoms with van der Waals surface area (Å²) in [6.45, 7) is 2.33. The van der Waals surface area contributed by atoms with E-state index >= 15 is 0 Å². The highest BCUT2D eigenvalue weighted by Crippen LogP contribution is 2.20. The van der Waals surface area contributed by atoms with Crippen molar-refractivity contribution in [3.63, 3.8) is 0 Å². The molecule has 4 N–H and O–H groups in total. The maximum Gasteiger partial charge on any atom is 0.170 e. The fraction of sp³-hybridized carbons (Fsp3) is 0.133. The first-order chi connectivity index (χ1) is 9.99. The Morgan fingerprint density at radius 1 is 1.33 bits per heavy atom. The third kappa shape index (κ3) is 3.95. The first kappa shape index (κ1) is 15.3. The van der Waals surface area contributed by atoms with Crippen LogP contribution in [0, 0.1) is 12.7 Å². The number of aryl methyl sites for hydroxylation is 1. The van der Waals surface area contributed by atoms with Crippen molar-refractivity contribution in [1.82, 2.24) is 0 Å². The van der Waals surface area contributed by atoms with Gasteiger partial charge in [0.05, 0.1) is 0 Å². The van der Waals surface area contributed by atoms with Crippen LogP contribution in [0.4, 0.5) is 10.1 Å². The van der Waals surface area contributed by atoms with Crippen molar-refractivity contribution in [3.05, 3.63) is 63.4 Å². The average molecular weight is 352 g/mol. The number of hydrogen-bond acceptors (Lipinski definition) is 3. The van der Waals surface area contributed by atoms with Crippen molar-refractivity contribution >= 4 is 27.5 Å². The van der Waals surface area contributed by atoms with E-state index in [1.807, 2.05) is 25.1 Å². The van der Waals surface area contributed by atoms with Crippen molar-refractivity contribution in [2.45, 2.75) is 13.5 Å². The van der Waals surface area contributed by atoms with Crippen molar-refractivity contribution in [3.8, 4) is 0 Å². The first-order valence-corrected chi connectivity index (χ1v) is 7.06. The predicted molar refractivity (Wildman–Crippen MR) is 85.1 cm³/mol. The van der Waals surface area contributed by atoms with Crippen LogP contribution in [0.15, 0.2) is 46.0 Å². The van der Waals surface area contributed by atoms with Gasteiger partial charge in [-0.15, -0.1) is 0 Å². The molecule has 110 valence electrons. The minimum absolute atomic E-state index is 0.115. The van der Waals surface area contributed by atoms with Gasteiger partial charge in [0, 0.05) is 27.8 Å². The molecular weight excluding hydrogens is 337 g/mol. The van der Waals surface area contributed by atoms with Crippen molar-refractivity contribution in [2.24, 2.45) is 10.9 Å². The molecule has 0 aromatic heterocycles. The Bertz CT molecular complexity index is 668. The predicted octanol–water partition coefficient (Wildman–Crippen LogP) is 3.60. The Labute approximate surface area is 130 Å². The second kappa shape index (κ2) is 6.58. The van der Waals surface area contributed by atoms with Gasteiger partial charge in [0.1, 0.15) is 5.82 Å². The number of amidine groups is 1. The number of oxime groups is 1. The Kier molecular flexibility index (Phi) is 4.80. The van der Waals surface area contributed by atoms with Gasteiger partial charge in [0.25, 0.3) is 0 Å². The molecule has 2 aromatic carbocycles. The van der Waals surface area contributed by atoms with Crippen molar-refractivity contribution in [1.29, 1.82) is 0 Å². The summed E-state index contributed by atoms with van der Waals surface area (Å²) >= 11 is 3.42. The molecule has 0 saturated heterocycles.